The van der Waals surface area contributed by atoms with Gasteiger partial charge in [-0.2, -0.15) is 0 Å². The van der Waals surface area contributed by atoms with Crippen molar-refractivity contribution in [2.75, 3.05) is 32.7 Å². The molecule has 2 aromatic rings. The molecule has 1 aromatic carbocycles. The van der Waals surface area contributed by atoms with Crippen molar-refractivity contribution in [1.82, 2.24) is 20.1 Å². The van der Waals surface area contributed by atoms with Gasteiger partial charge in [0, 0.05) is 17.5 Å². The monoisotopic (exact) mass is 376 g/mol. The van der Waals surface area contributed by atoms with Crippen LogP contribution in [0.3, 0.4) is 0 Å². The van der Waals surface area contributed by atoms with Crippen LogP contribution in [0.2, 0.25) is 5.02 Å². The fourth-order valence-electron chi connectivity index (χ4n) is 3.63. The van der Waals surface area contributed by atoms with E-state index >= 15 is 0 Å². The van der Waals surface area contributed by atoms with Crippen molar-refractivity contribution in [3.63, 3.8) is 0 Å². The summed E-state index contributed by atoms with van der Waals surface area (Å²) in [6.45, 7) is 3.41. The molecule has 7 nitrogen and oxygen atoms in total. The van der Waals surface area contributed by atoms with E-state index in [1.165, 1.54) is 4.90 Å². The molecule has 2 aliphatic rings. The Balaban J connectivity index is 1.27. The number of halogens is 1. The largest absolute Gasteiger partial charge is 0.440 e. The molecule has 0 bridgehead atoms. The van der Waals surface area contributed by atoms with E-state index < -0.39 is 0 Å². The van der Waals surface area contributed by atoms with Crippen molar-refractivity contribution >= 4 is 34.6 Å². The van der Waals surface area contributed by atoms with Gasteiger partial charge in [-0.25, -0.2) is 9.78 Å². The summed E-state index contributed by atoms with van der Waals surface area (Å²) in [7, 11) is 0. The van der Waals surface area contributed by atoms with Gasteiger partial charge in [-0.1, -0.05) is 11.6 Å². The Hall–Kier alpha value is -2.12. The molecule has 26 heavy (non-hydrogen) atoms. The highest BCUT2D eigenvalue weighted by Crippen LogP contribution is 2.30. The second-order valence-corrected chi connectivity index (χ2v) is 7.27. The van der Waals surface area contributed by atoms with Crippen molar-refractivity contribution in [3.8, 4) is 0 Å². The molecule has 1 aromatic heterocycles. The van der Waals surface area contributed by atoms with Gasteiger partial charge in [0.1, 0.15) is 5.52 Å². The lowest BCUT2D eigenvalue weighted by Gasteiger charge is -2.30. The van der Waals surface area contributed by atoms with E-state index in [0.29, 0.717) is 17.5 Å². The standard InChI is InChI=1S/C18H21ClN4O3/c19-13-2-3-15-14(10-13)21-17(26-15)12-4-8-22(9-5-12)6-1-7-23-16(24)11-20-18(23)25/h2-3,10,12H,1,4-9,11H2,(H,20,25). The third-order valence-electron chi connectivity index (χ3n) is 5.10. The van der Waals surface area contributed by atoms with E-state index in [4.69, 9.17) is 16.0 Å². The predicted octanol–water partition coefficient (Wildman–Crippen LogP) is 2.60. The number of carbonyl (C=O) groups is 2. The number of hydrogen-bond donors (Lipinski definition) is 1. The van der Waals surface area contributed by atoms with Crippen LogP contribution in [0.15, 0.2) is 22.6 Å². The number of nitrogens with zero attached hydrogens (tertiary/aromatic N) is 3. The Bertz CT molecular complexity index is 813. The van der Waals surface area contributed by atoms with Gasteiger partial charge < -0.3 is 14.6 Å². The van der Waals surface area contributed by atoms with E-state index in [1.807, 2.05) is 18.2 Å². The molecule has 2 fully saturated rings. The SMILES string of the molecule is O=C1CNC(=O)N1CCCN1CCC(c2nc3cc(Cl)ccc3o2)CC1. The average Bonchev–Trinajstić information content (AvgIpc) is 3.19. The summed E-state index contributed by atoms with van der Waals surface area (Å²) >= 11 is 6.01. The number of amides is 3. The lowest BCUT2D eigenvalue weighted by molar-refractivity contribution is -0.125. The van der Waals surface area contributed by atoms with Crippen LogP contribution >= 0.6 is 11.6 Å². The second-order valence-electron chi connectivity index (χ2n) is 6.84. The Morgan fingerprint density at radius 3 is 2.77 bits per heavy atom. The topological polar surface area (TPSA) is 78.7 Å². The smallest absolute Gasteiger partial charge is 0.324 e. The number of piperidine rings is 1. The second kappa shape index (κ2) is 7.25. The van der Waals surface area contributed by atoms with Crippen LogP contribution in [0.5, 0.6) is 0 Å². The van der Waals surface area contributed by atoms with E-state index in [-0.39, 0.29) is 18.5 Å². The van der Waals surface area contributed by atoms with Crippen molar-refractivity contribution in [2.45, 2.75) is 25.2 Å². The predicted molar refractivity (Wildman–Crippen MR) is 97.2 cm³/mol. The molecule has 1 N–H and O–H groups in total. The van der Waals surface area contributed by atoms with Crippen LogP contribution in [-0.4, -0.2) is 59.4 Å². The Morgan fingerprint density at radius 2 is 2.04 bits per heavy atom. The molecule has 0 atom stereocenters. The number of oxazole rings is 1. The molecule has 4 rings (SSSR count). The summed E-state index contributed by atoms with van der Waals surface area (Å²) in [6, 6.07) is 5.23. The number of carbonyl (C=O) groups excluding carboxylic acids is 2. The zero-order valence-corrected chi connectivity index (χ0v) is 15.2. The van der Waals surface area contributed by atoms with Gasteiger partial charge in [0.05, 0.1) is 6.54 Å². The lowest BCUT2D eigenvalue weighted by atomic mass is 9.96. The molecule has 2 saturated heterocycles. The lowest BCUT2D eigenvalue weighted by Crippen LogP contribution is -2.37. The minimum absolute atomic E-state index is 0.125. The summed E-state index contributed by atoms with van der Waals surface area (Å²) in [4.78, 5) is 31.3. The maximum atomic E-state index is 11.6. The van der Waals surface area contributed by atoms with Crippen LogP contribution < -0.4 is 5.32 Å². The molecule has 3 heterocycles. The Labute approximate surface area is 156 Å². The molecule has 0 unspecified atom stereocenters. The number of nitrogens with one attached hydrogen (secondary N) is 1. The maximum Gasteiger partial charge on any atom is 0.324 e. The fourth-order valence-corrected chi connectivity index (χ4v) is 3.80. The Morgan fingerprint density at radius 1 is 1.23 bits per heavy atom. The Kier molecular flexibility index (Phi) is 4.82. The normalized spacial score (nSPS) is 19.5. The van der Waals surface area contributed by atoms with Crippen LogP contribution in [0.1, 0.15) is 31.1 Å². The summed E-state index contributed by atoms with van der Waals surface area (Å²) in [6.07, 6.45) is 2.78. The summed E-state index contributed by atoms with van der Waals surface area (Å²) in [5.74, 6) is 0.981. The summed E-state index contributed by atoms with van der Waals surface area (Å²) < 4.78 is 5.89. The zero-order chi connectivity index (χ0) is 18.1. The highest BCUT2D eigenvalue weighted by molar-refractivity contribution is 6.31. The first-order valence-corrected chi connectivity index (χ1v) is 9.34. The van der Waals surface area contributed by atoms with E-state index in [0.717, 1.165) is 55.9 Å². The van der Waals surface area contributed by atoms with Crippen molar-refractivity contribution < 1.29 is 14.0 Å². The van der Waals surface area contributed by atoms with Crippen LogP contribution in [-0.2, 0) is 4.79 Å². The number of likely N-dealkylation sites (tertiary alicyclic amines) is 1. The molecular formula is C18H21ClN4O3. The average molecular weight is 377 g/mol. The number of rotatable bonds is 5. The van der Waals surface area contributed by atoms with Crippen molar-refractivity contribution in [1.29, 1.82) is 0 Å². The third-order valence-corrected chi connectivity index (χ3v) is 5.33. The maximum absolute atomic E-state index is 11.6. The minimum atomic E-state index is -0.273. The molecule has 0 radical (unpaired) electrons. The van der Waals surface area contributed by atoms with Gasteiger partial charge in [-0.05, 0) is 57.1 Å². The molecule has 0 spiro atoms. The first kappa shape index (κ1) is 17.3. The summed E-state index contributed by atoms with van der Waals surface area (Å²) in [5, 5.41) is 3.21. The third kappa shape index (κ3) is 3.54. The number of benzene rings is 1. The van der Waals surface area contributed by atoms with Gasteiger partial charge in [-0.15, -0.1) is 0 Å². The number of urea groups is 1. The van der Waals surface area contributed by atoms with Gasteiger partial charge >= 0.3 is 6.03 Å². The van der Waals surface area contributed by atoms with E-state index in [1.54, 1.807) is 0 Å². The van der Waals surface area contributed by atoms with Crippen molar-refractivity contribution in [2.24, 2.45) is 0 Å². The molecular weight excluding hydrogens is 356 g/mol. The summed E-state index contributed by atoms with van der Waals surface area (Å²) in [5.41, 5.74) is 1.59. The van der Waals surface area contributed by atoms with Crippen LogP contribution in [0, 0.1) is 0 Å². The molecule has 3 amide bonds. The van der Waals surface area contributed by atoms with Crippen LogP contribution in [0.4, 0.5) is 4.79 Å². The molecule has 8 heteroatoms. The number of fused-ring (bicyclic) bond motifs is 1. The quantitative estimate of drug-likeness (QED) is 0.811. The zero-order valence-electron chi connectivity index (χ0n) is 14.4. The number of imide groups is 1. The minimum Gasteiger partial charge on any atom is -0.440 e. The first-order chi connectivity index (χ1) is 12.6. The first-order valence-electron chi connectivity index (χ1n) is 8.97. The van der Waals surface area contributed by atoms with E-state index in [2.05, 4.69) is 15.2 Å². The van der Waals surface area contributed by atoms with Gasteiger partial charge in [-0.3, -0.25) is 9.69 Å². The molecule has 2 aliphatic heterocycles. The van der Waals surface area contributed by atoms with Gasteiger partial charge in [0.15, 0.2) is 11.5 Å². The number of hydrogen-bond acceptors (Lipinski definition) is 5. The van der Waals surface area contributed by atoms with Gasteiger partial charge in [0.25, 0.3) is 0 Å². The highest BCUT2D eigenvalue weighted by atomic mass is 35.5. The van der Waals surface area contributed by atoms with Crippen molar-refractivity contribution in [3.05, 3.63) is 29.1 Å². The molecule has 138 valence electrons. The molecule has 0 aliphatic carbocycles. The van der Waals surface area contributed by atoms with E-state index in [9.17, 15) is 9.59 Å². The number of aromatic nitrogens is 1. The van der Waals surface area contributed by atoms with Gasteiger partial charge in [0.2, 0.25) is 5.91 Å². The fraction of sp³-hybridized carbons (Fsp3) is 0.500. The highest BCUT2D eigenvalue weighted by Gasteiger charge is 2.28. The molecule has 0 saturated carbocycles. The van der Waals surface area contributed by atoms with Crippen LogP contribution in [0.25, 0.3) is 11.1 Å².